The molecule has 6 heteroatoms. The summed E-state index contributed by atoms with van der Waals surface area (Å²) >= 11 is 0. The third-order valence-electron chi connectivity index (χ3n) is 1.83. The lowest BCUT2D eigenvalue weighted by atomic mass is 10.1. The second-order valence-corrected chi connectivity index (χ2v) is 6.43. The minimum Gasteiger partial charge on any atom is -0.363 e. The zero-order valence-electron chi connectivity index (χ0n) is 10.1. The predicted molar refractivity (Wildman–Crippen MR) is 63.6 cm³/mol. The van der Waals surface area contributed by atoms with Crippen molar-refractivity contribution in [2.75, 3.05) is 7.05 Å². The van der Waals surface area contributed by atoms with Gasteiger partial charge in [-0.2, -0.15) is 0 Å². The lowest BCUT2D eigenvalue weighted by Crippen LogP contribution is -2.40. The van der Waals surface area contributed by atoms with Gasteiger partial charge in [0.1, 0.15) is 0 Å². The van der Waals surface area contributed by atoms with Gasteiger partial charge in [0.05, 0.1) is 4.90 Å². The van der Waals surface area contributed by atoms with Crippen molar-refractivity contribution in [1.82, 2.24) is 15.0 Å². The van der Waals surface area contributed by atoms with Crippen LogP contribution in [0, 0.1) is 0 Å². The molecule has 0 aliphatic carbocycles. The average Bonchev–Trinajstić information content (AvgIpc) is 2.49. The first-order valence-corrected chi connectivity index (χ1v) is 6.59. The van der Waals surface area contributed by atoms with E-state index in [0.717, 1.165) is 5.69 Å². The SMILES string of the molecule is CNCc1cc(S(=O)(=O)NC(C)(C)C)c[nH]1. The topological polar surface area (TPSA) is 74.0 Å². The van der Waals surface area contributed by atoms with Crippen molar-refractivity contribution in [3.05, 3.63) is 18.0 Å². The van der Waals surface area contributed by atoms with Crippen LogP contribution in [0.3, 0.4) is 0 Å². The van der Waals surface area contributed by atoms with Crippen LogP contribution in [-0.4, -0.2) is 26.0 Å². The second kappa shape index (κ2) is 4.57. The molecule has 0 bridgehead atoms. The molecule has 0 unspecified atom stereocenters. The monoisotopic (exact) mass is 245 g/mol. The maximum atomic E-state index is 11.9. The fraction of sp³-hybridized carbons (Fsp3) is 0.600. The highest BCUT2D eigenvalue weighted by atomic mass is 32.2. The summed E-state index contributed by atoms with van der Waals surface area (Å²) in [5, 5.41) is 2.95. The van der Waals surface area contributed by atoms with Crippen molar-refractivity contribution in [1.29, 1.82) is 0 Å². The van der Waals surface area contributed by atoms with Gasteiger partial charge in [-0.1, -0.05) is 0 Å². The molecular formula is C10H19N3O2S. The molecule has 0 atom stereocenters. The molecule has 0 saturated carbocycles. The van der Waals surface area contributed by atoms with Crippen molar-refractivity contribution in [3.63, 3.8) is 0 Å². The fourth-order valence-corrected chi connectivity index (χ4v) is 2.76. The van der Waals surface area contributed by atoms with E-state index in [1.165, 1.54) is 6.20 Å². The number of aromatic nitrogens is 1. The number of sulfonamides is 1. The van der Waals surface area contributed by atoms with Gasteiger partial charge >= 0.3 is 0 Å². The highest BCUT2D eigenvalue weighted by Gasteiger charge is 2.22. The third kappa shape index (κ3) is 3.62. The van der Waals surface area contributed by atoms with Gasteiger partial charge in [-0.25, -0.2) is 13.1 Å². The summed E-state index contributed by atoms with van der Waals surface area (Å²) in [6.07, 6.45) is 1.50. The summed E-state index contributed by atoms with van der Waals surface area (Å²) in [5.74, 6) is 0. The molecule has 1 aromatic heterocycles. The van der Waals surface area contributed by atoms with Gasteiger partial charge in [0.25, 0.3) is 0 Å². The Bertz CT molecular complexity index is 443. The molecule has 5 nitrogen and oxygen atoms in total. The highest BCUT2D eigenvalue weighted by Crippen LogP contribution is 2.13. The molecule has 0 amide bonds. The summed E-state index contributed by atoms with van der Waals surface area (Å²) in [5.41, 5.74) is 0.371. The Morgan fingerprint density at radius 2 is 2.00 bits per heavy atom. The molecule has 1 heterocycles. The molecule has 16 heavy (non-hydrogen) atoms. The normalized spacial score (nSPS) is 13.0. The maximum Gasteiger partial charge on any atom is 0.242 e. The summed E-state index contributed by atoms with van der Waals surface area (Å²) in [4.78, 5) is 3.19. The first kappa shape index (κ1) is 13.2. The van der Waals surface area contributed by atoms with E-state index in [-0.39, 0.29) is 4.90 Å². The van der Waals surface area contributed by atoms with Gasteiger partial charge in [0.15, 0.2) is 0 Å². The van der Waals surface area contributed by atoms with Gasteiger partial charge in [0.2, 0.25) is 10.0 Å². The van der Waals surface area contributed by atoms with E-state index in [2.05, 4.69) is 15.0 Å². The first-order chi connectivity index (χ1) is 7.24. The van der Waals surface area contributed by atoms with E-state index in [1.807, 2.05) is 27.8 Å². The van der Waals surface area contributed by atoms with E-state index in [0.29, 0.717) is 6.54 Å². The quantitative estimate of drug-likeness (QED) is 0.735. The Labute approximate surface area is 96.7 Å². The van der Waals surface area contributed by atoms with E-state index in [9.17, 15) is 8.42 Å². The van der Waals surface area contributed by atoms with Crippen LogP contribution in [0.1, 0.15) is 26.5 Å². The fourth-order valence-electron chi connectivity index (χ4n) is 1.33. The molecule has 0 saturated heterocycles. The van der Waals surface area contributed by atoms with Crippen LogP contribution in [-0.2, 0) is 16.6 Å². The van der Waals surface area contributed by atoms with E-state index >= 15 is 0 Å². The standard InChI is InChI=1S/C10H19N3O2S/c1-10(2,3)13-16(14,15)9-5-8(6-11-4)12-7-9/h5,7,11-13H,6H2,1-4H3. The zero-order valence-corrected chi connectivity index (χ0v) is 10.9. The molecule has 3 N–H and O–H groups in total. The number of aromatic amines is 1. The summed E-state index contributed by atoms with van der Waals surface area (Å²) in [6, 6.07) is 1.63. The van der Waals surface area contributed by atoms with Gasteiger partial charge in [0, 0.05) is 24.0 Å². The van der Waals surface area contributed by atoms with Crippen LogP contribution in [0.5, 0.6) is 0 Å². The first-order valence-electron chi connectivity index (χ1n) is 5.10. The lowest BCUT2D eigenvalue weighted by molar-refractivity contribution is 0.491. The average molecular weight is 245 g/mol. The summed E-state index contributed by atoms with van der Waals surface area (Å²) in [6.45, 7) is 6.05. The molecular weight excluding hydrogens is 226 g/mol. The molecule has 0 aliphatic rings. The largest absolute Gasteiger partial charge is 0.363 e. The van der Waals surface area contributed by atoms with E-state index in [4.69, 9.17) is 0 Å². The van der Waals surface area contributed by atoms with Gasteiger partial charge in [-0.05, 0) is 33.9 Å². The van der Waals surface area contributed by atoms with Crippen molar-refractivity contribution in [3.8, 4) is 0 Å². The zero-order chi connectivity index (χ0) is 12.4. The molecule has 0 radical (unpaired) electrons. The van der Waals surface area contributed by atoms with Crippen molar-refractivity contribution < 1.29 is 8.42 Å². The number of hydrogen-bond acceptors (Lipinski definition) is 3. The molecule has 0 spiro atoms. The van der Waals surface area contributed by atoms with E-state index in [1.54, 1.807) is 6.07 Å². The summed E-state index contributed by atoms with van der Waals surface area (Å²) < 4.78 is 26.4. The minimum atomic E-state index is -3.42. The molecule has 0 aromatic carbocycles. The number of hydrogen-bond donors (Lipinski definition) is 3. The number of rotatable bonds is 4. The maximum absolute atomic E-state index is 11.9. The molecule has 92 valence electrons. The van der Waals surface area contributed by atoms with Crippen LogP contribution in [0.4, 0.5) is 0 Å². The minimum absolute atomic E-state index is 0.271. The van der Waals surface area contributed by atoms with Crippen LogP contribution in [0.25, 0.3) is 0 Å². The van der Waals surface area contributed by atoms with Crippen LogP contribution < -0.4 is 10.0 Å². The smallest absolute Gasteiger partial charge is 0.242 e. The summed E-state index contributed by atoms with van der Waals surface area (Å²) in [7, 11) is -1.62. The van der Waals surface area contributed by atoms with Crippen LogP contribution >= 0.6 is 0 Å². The van der Waals surface area contributed by atoms with Gasteiger partial charge < -0.3 is 10.3 Å². The Morgan fingerprint density at radius 3 is 2.50 bits per heavy atom. The molecule has 0 fully saturated rings. The van der Waals surface area contributed by atoms with Crippen molar-refractivity contribution in [2.24, 2.45) is 0 Å². The van der Waals surface area contributed by atoms with Crippen molar-refractivity contribution in [2.45, 2.75) is 37.8 Å². The third-order valence-corrected chi connectivity index (χ3v) is 3.57. The lowest BCUT2D eigenvalue weighted by Gasteiger charge is -2.19. The number of nitrogens with one attached hydrogen (secondary N) is 3. The van der Waals surface area contributed by atoms with Crippen LogP contribution in [0.2, 0.25) is 0 Å². The number of H-pyrrole nitrogens is 1. The Morgan fingerprint density at radius 1 is 1.38 bits per heavy atom. The Balaban J connectivity index is 2.90. The molecule has 1 aromatic rings. The predicted octanol–water partition coefficient (Wildman–Crippen LogP) is 0.811. The Hall–Kier alpha value is -0.850. The van der Waals surface area contributed by atoms with Gasteiger partial charge in [-0.15, -0.1) is 0 Å². The highest BCUT2D eigenvalue weighted by molar-refractivity contribution is 7.89. The second-order valence-electron chi connectivity index (χ2n) is 4.75. The Kier molecular flexibility index (Phi) is 3.77. The molecule has 0 aliphatic heterocycles. The van der Waals surface area contributed by atoms with Gasteiger partial charge in [-0.3, -0.25) is 0 Å². The van der Waals surface area contributed by atoms with E-state index < -0.39 is 15.6 Å². The van der Waals surface area contributed by atoms with Crippen molar-refractivity contribution >= 4 is 10.0 Å². The molecule has 1 rings (SSSR count). The van der Waals surface area contributed by atoms with Crippen LogP contribution in [0.15, 0.2) is 17.2 Å².